The van der Waals surface area contributed by atoms with Crippen LogP contribution in [0.25, 0.3) is 0 Å². The molecule has 0 amide bonds. The fourth-order valence-corrected chi connectivity index (χ4v) is 3.05. The molecule has 18 heavy (non-hydrogen) atoms. The van der Waals surface area contributed by atoms with Crippen LogP contribution in [-0.2, 0) is 0 Å². The van der Waals surface area contributed by atoms with Gasteiger partial charge >= 0.3 is 0 Å². The van der Waals surface area contributed by atoms with E-state index in [1.807, 2.05) is 36.6 Å². The third kappa shape index (κ3) is 1.87. The van der Waals surface area contributed by atoms with Gasteiger partial charge in [-0.25, -0.2) is 0 Å². The van der Waals surface area contributed by atoms with Crippen molar-refractivity contribution in [3.05, 3.63) is 45.6 Å². The molecule has 0 saturated carbocycles. The van der Waals surface area contributed by atoms with E-state index in [0.717, 1.165) is 16.0 Å². The van der Waals surface area contributed by atoms with Gasteiger partial charge in [-0.15, -0.1) is 11.3 Å². The van der Waals surface area contributed by atoms with E-state index in [2.05, 4.69) is 0 Å². The second kappa shape index (κ2) is 4.63. The van der Waals surface area contributed by atoms with Crippen molar-refractivity contribution >= 4 is 11.3 Å². The minimum absolute atomic E-state index is 0.528. The third-order valence-electron chi connectivity index (χ3n) is 3.04. The van der Waals surface area contributed by atoms with Crippen molar-refractivity contribution in [2.45, 2.75) is 13.0 Å². The Hall–Kier alpha value is -1.52. The van der Waals surface area contributed by atoms with Crippen molar-refractivity contribution in [1.82, 2.24) is 0 Å². The summed E-state index contributed by atoms with van der Waals surface area (Å²) < 4.78 is 11.2. The van der Waals surface area contributed by atoms with Crippen LogP contribution in [0.3, 0.4) is 0 Å². The molecule has 0 bridgehead atoms. The van der Waals surface area contributed by atoms with Gasteiger partial charge in [0.1, 0.15) is 19.3 Å². The first kappa shape index (κ1) is 11.6. The Morgan fingerprint density at radius 3 is 2.83 bits per heavy atom. The van der Waals surface area contributed by atoms with Crippen molar-refractivity contribution in [1.29, 1.82) is 0 Å². The smallest absolute Gasteiger partial charge is 0.167 e. The van der Waals surface area contributed by atoms with Gasteiger partial charge in [0, 0.05) is 10.4 Å². The van der Waals surface area contributed by atoms with E-state index in [4.69, 9.17) is 9.47 Å². The number of fused-ring (bicyclic) bond motifs is 1. The molecule has 2 heterocycles. The van der Waals surface area contributed by atoms with Crippen molar-refractivity contribution < 1.29 is 14.6 Å². The maximum Gasteiger partial charge on any atom is 0.167 e. The summed E-state index contributed by atoms with van der Waals surface area (Å²) in [6.45, 7) is 3.09. The number of aryl methyl sites for hydroxylation is 1. The van der Waals surface area contributed by atoms with Crippen molar-refractivity contribution in [3.8, 4) is 11.5 Å². The van der Waals surface area contributed by atoms with Gasteiger partial charge in [0.25, 0.3) is 0 Å². The highest BCUT2D eigenvalue weighted by molar-refractivity contribution is 7.10. The van der Waals surface area contributed by atoms with E-state index < -0.39 is 6.10 Å². The van der Waals surface area contributed by atoms with E-state index in [1.54, 1.807) is 11.3 Å². The molecule has 4 heteroatoms. The minimum atomic E-state index is -0.651. The van der Waals surface area contributed by atoms with Gasteiger partial charge in [0.15, 0.2) is 11.5 Å². The lowest BCUT2D eigenvalue weighted by Crippen LogP contribution is -2.17. The lowest BCUT2D eigenvalue weighted by molar-refractivity contribution is 0.159. The van der Waals surface area contributed by atoms with Crippen LogP contribution < -0.4 is 9.47 Å². The highest BCUT2D eigenvalue weighted by atomic mass is 32.1. The molecule has 1 aromatic heterocycles. The van der Waals surface area contributed by atoms with Crippen LogP contribution in [0.15, 0.2) is 29.6 Å². The van der Waals surface area contributed by atoms with E-state index in [1.165, 1.54) is 0 Å². The van der Waals surface area contributed by atoms with Crippen molar-refractivity contribution in [2.75, 3.05) is 13.2 Å². The summed E-state index contributed by atoms with van der Waals surface area (Å²) in [5.41, 5.74) is 1.87. The predicted molar refractivity (Wildman–Crippen MR) is 70.5 cm³/mol. The summed E-state index contributed by atoms with van der Waals surface area (Å²) in [7, 11) is 0. The monoisotopic (exact) mass is 262 g/mol. The topological polar surface area (TPSA) is 38.7 Å². The number of thiophene rings is 1. The molecule has 1 aromatic carbocycles. The minimum Gasteiger partial charge on any atom is -0.486 e. The molecule has 0 radical (unpaired) electrons. The first-order valence-corrected chi connectivity index (χ1v) is 6.76. The lowest BCUT2D eigenvalue weighted by Gasteiger charge is -2.23. The molecule has 1 aliphatic heterocycles. The Morgan fingerprint density at radius 2 is 2.06 bits per heavy atom. The van der Waals surface area contributed by atoms with Gasteiger partial charge in [-0.2, -0.15) is 0 Å². The Kier molecular flexibility index (Phi) is 2.97. The van der Waals surface area contributed by atoms with E-state index >= 15 is 0 Å². The van der Waals surface area contributed by atoms with Gasteiger partial charge in [-0.1, -0.05) is 12.1 Å². The third-order valence-corrected chi connectivity index (χ3v) is 4.11. The van der Waals surface area contributed by atoms with Crippen LogP contribution in [-0.4, -0.2) is 18.3 Å². The number of hydrogen-bond acceptors (Lipinski definition) is 4. The Morgan fingerprint density at radius 1 is 1.22 bits per heavy atom. The van der Waals surface area contributed by atoms with Crippen LogP contribution in [0.1, 0.15) is 22.1 Å². The summed E-state index contributed by atoms with van der Waals surface area (Å²) in [4.78, 5) is 0.956. The SMILES string of the molecule is Cc1ccsc1C(O)c1cccc2c1OCCO2. The second-order valence-electron chi connectivity index (χ2n) is 4.24. The van der Waals surface area contributed by atoms with Crippen LogP contribution in [0, 0.1) is 6.92 Å². The molecule has 1 atom stereocenters. The zero-order valence-electron chi connectivity index (χ0n) is 10.1. The number of aliphatic hydroxyl groups is 1. The predicted octanol–water partition coefficient (Wildman–Crippen LogP) is 2.91. The molecule has 0 saturated heterocycles. The summed E-state index contributed by atoms with van der Waals surface area (Å²) in [5, 5.41) is 12.5. The van der Waals surface area contributed by atoms with E-state index in [-0.39, 0.29) is 0 Å². The molecule has 0 fully saturated rings. The summed E-state index contributed by atoms with van der Waals surface area (Å²) >= 11 is 1.56. The van der Waals surface area contributed by atoms with Gasteiger partial charge < -0.3 is 14.6 Å². The molecule has 2 aromatic rings. The van der Waals surface area contributed by atoms with Crippen LogP contribution in [0.2, 0.25) is 0 Å². The van der Waals surface area contributed by atoms with Gasteiger partial charge in [0.05, 0.1) is 0 Å². The Labute approximate surface area is 110 Å². The molecule has 94 valence electrons. The van der Waals surface area contributed by atoms with Crippen molar-refractivity contribution in [3.63, 3.8) is 0 Å². The Bertz CT molecular complexity index is 562. The number of rotatable bonds is 2. The molecule has 1 aliphatic rings. The molecule has 1 unspecified atom stereocenters. The molecule has 1 N–H and O–H groups in total. The van der Waals surface area contributed by atoms with Crippen LogP contribution in [0.5, 0.6) is 11.5 Å². The van der Waals surface area contributed by atoms with Crippen LogP contribution >= 0.6 is 11.3 Å². The zero-order valence-corrected chi connectivity index (χ0v) is 10.9. The first-order valence-electron chi connectivity index (χ1n) is 5.88. The van der Waals surface area contributed by atoms with Gasteiger partial charge in [0.2, 0.25) is 0 Å². The average molecular weight is 262 g/mol. The largest absolute Gasteiger partial charge is 0.486 e. The molecule has 3 nitrogen and oxygen atoms in total. The molecule has 3 rings (SSSR count). The summed E-state index contributed by atoms with van der Waals surface area (Å²) in [5.74, 6) is 1.39. The molecular formula is C14H14O3S. The fourth-order valence-electron chi connectivity index (χ4n) is 2.12. The van der Waals surface area contributed by atoms with Gasteiger partial charge in [-0.05, 0) is 30.0 Å². The lowest BCUT2D eigenvalue weighted by atomic mass is 10.0. The van der Waals surface area contributed by atoms with Crippen LogP contribution in [0.4, 0.5) is 0 Å². The van der Waals surface area contributed by atoms with E-state index in [9.17, 15) is 5.11 Å². The highest BCUT2D eigenvalue weighted by Gasteiger charge is 2.23. The first-order chi connectivity index (χ1) is 8.77. The highest BCUT2D eigenvalue weighted by Crippen LogP contribution is 2.40. The Balaban J connectivity index is 2.04. The number of aliphatic hydroxyl groups excluding tert-OH is 1. The maximum absolute atomic E-state index is 10.5. The zero-order chi connectivity index (χ0) is 12.5. The second-order valence-corrected chi connectivity index (χ2v) is 5.19. The molecule has 0 spiro atoms. The maximum atomic E-state index is 10.5. The number of para-hydroxylation sites is 1. The van der Waals surface area contributed by atoms with Crippen molar-refractivity contribution in [2.24, 2.45) is 0 Å². The standard InChI is InChI=1S/C14H14O3S/c1-9-5-8-18-14(9)12(15)10-3-2-4-11-13(10)17-7-6-16-11/h2-5,8,12,15H,6-7H2,1H3. The summed E-state index contributed by atoms with van der Waals surface area (Å²) in [6.07, 6.45) is -0.651. The number of hydrogen-bond donors (Lipinski definition) is 1. The average Bonchev–Trinajstić information content (AvgIpc) is 2.83. The van der Waals surface area contributed by atoms with Gasteiger partial charge in [-0.3, -0.25) is 0 Å². The number of benzene rings is 1. The summed E-state index contributed by atoms with van der Waals surface area (Å²) in [6, 6.07) is 7.65. The normalized spacial score (nSPS) is 15.4. The molecular weight excluding hydrogens is 248 g/mol. The number of ether oxygens (including phenoxy) is 2. The van der Waals surface area contributed by atoms with E-state index in [0.29, 0.717) is 24.7 Å². The quantitative estimate of drug-likeness (QED) is 0.904. The molecule has 0 aliphatic carbocycles. The fraction of sp³-hybridized carbons (Fsp3) is 0.286.